The molecule has 1 amide bonds. The van der Waals surface area contributed by atoms with Gasteiger partial charge in [-0.05, 0) is 18.2 Å². The molecule has 2 rings (SSSR count). The molecule has 0 spiro atoms. The van der Waals surface area contributed by atoms with Gasteiger partial charge in [0, 0.05) is 12.1 Å². The van der Waals surface area contributed by atoms with Crippen LogP contribution >= 0.6 is 0 Å². The SMILES string of the molecule is COC(=O)c1cc(C(=O)OCC(=O)Nc2ccccc2F)cc([N+](=O)[O-])c1. The number of non-ortho nitro benzene ring substituents is 1. The van der Waals surface area contributed by atoms with Gasteiger partial charge in [0.2, 0.25) is 0 Å². The van der Waals surface area contributed by atoms with E-state index >= 15 is 0 Å². The molecular formula is C17H13FN2O7. The monoisotopic (exact) mass is 376 g/mol. The fourth-order valence-corrected chi connectivity index (χ4v) is 2.03. The first-order chi connectivity index (χ1) is 12.8. The summed E-state index contributed by atoms with van der Waals surface area (Å²) in [7, 11) is 1.08. The Morgan fingerprint density at radius 1 is 1.11 bits per heavy atom. The predicted octanol–water partition coefficient (Wildman–Crippen LogP) is 2.32. The number of halogens is 1. The quantitative estimate of drug-likeness (QED) is 0.466. The van der Waals surface area contributed by atoms with E-state index in [0.29, 0.717) is 0 Å². The van der Waals surface area contributed by atoms with E-state index in [-0.39, 0.29) is 16.8 Å². The van der Waals surface area contributed by atoms with Crippen LogP contribution in [0, 0.1) is 15.9 Å². The molecular weight excluding hydrogens is 363 g/mol. The maximum atomic E-state index is 13.5. The number of benzene rings is 2. The van der Waals surface area contributed by atoms with Crippen molar-refractivity contribution >= 4 is 29.2 Å². The van der Waals surface area contributed by atoms with E-state index in [2.05, 4.69) is 10.1 Å². The van der Waals surface area contributed by atoms with E-state index in [0.717, 1.165) is 31.4 Å². The number of methoxy groups -OCH3 is 1. The van der Waals surface area contributed by atoms with E-state index in [9.17, 15) is 28.9 Å². The van der Waals surface area contributed by atoms with Crippen LogP contribution < -0.4 is 5.32 Å². The zero-order valence-electron chi connectivity index (χ0n) is 13.9. The van der Waals surface area contributed by atoms with Crippen LogP contribution in [0.5, 0.6) is 0 Å². The number of anilines is 1. The van der Waals surface area contributed by atoms with Crippen molar-refractivity contribution in [3.8, 4) is 0 Å². The Hall–Kier alpha value is -3.82. The number of nitro groups is 1. The summed E-state index contributed by atoms with van der Waals surface area (Å²) in [5, 5.41) is 13.2. The number of nitrogens with zero attached hydrogens (tertiary/aromatic N) is 1. The second-order valence-electron chi connectivity index (χ2n) is 5.12. The van der Waals surface area contributed by atoms with Gasteiger partial charge in [0.05, 0.1) is 28.8 Å². The van der Waals surface area contributed by atoms with Crippen LogP contribution in [0.4, 0.5) is 15.8 Å². The summed E-state index contributed by atoms with van der Waals surface area (Å²) in [5.74, 6) is -3.44. The Bertz CT molecular complexity index is 914. The lowest BCUT2D eigenvalue weighted by Gasteiger charge is -2.08. The number of rotatable bonds is 6. The smallest absolute Gasteiger partial charge is 0.338 e. The van der Waals surface area contributed by atoms with E-state index in [1.165, 1.54) is 18.2 Å². The highest BCUT2D eigenvalue weighted by molar-refractivity contribution is 5.98. The number of nitrogens with one attached hydrogen (secondary N) is 1. The maximum absolute atomic E-state index is 13.5. The molecule has 0 bridgehead atoms. The highest BCUT2D eigenvalue weighted by atomic mass is 19.1. The van der Waals surface area contributed by atoms with Gasteiger partial charge in [0.15, 0.2) is 6.61 Å². The van der Waals surface area contributed by atoms with Crippen LogP contribution in [-0.4, -0.2) is 36.5 Å². The van der Waals surface area contributed by atoms with Gasteiger partial charge < -0.3 is 14.8 Å². The van der Waals surface area contributed by atoms with E-state index in [1.54, 1.807) is 0 Å². The predicted molar refractivity (Wildman–Crippen MR) is 89.7 cm³/mol. The van der Waals surface area contributed by atoms with E-state index in [4.69, 9.17) is 4.74 Å². The zero-order chi connectivity index (χ0) is 20.0. The molecule has 2 aromatic rings. The Morgan fingerprint density at radius 2 is 1.74 bits per heavy atom. The van der Waals surface area contributed by atoms with Gasteiger partial charge in [-0.3, -0.25) is 14.9 Å². The molecule has 0 radical (unpaired) electrons. The molecule has 0 unspecified atom stereocenters. The molecule has 0 aliphatic heterocycles. The Morgan fingerprint density at radius 3 is 2.33 bits per heavy atom. The van der Waals surface area contributed by atoms with Crippen molar-refractivity contribution in [2.45, 2.75) is 0 Å². The topological polar surface area (TPSA) is 125 Å². The molecule has 9 nitrogen and oxygen atoms in total. The fraction of sp³-hybridized carbons (Fsp3) is 0.118. The summed E-state index contributed by atoms with van der Waals surface area (Å²) < 4.78 is 22.7. The normalized spacial score (nSPS) is 10.0. The van der Waals surface area contributed by atoms with Crippen molar-refractivity contribution in [3.05, 3.63) is 69.5 Å². The Labute approximate surface area is 151 Å². The molecule has 0 aliphatic carbocycles. The van der Waals surface area contributed by atoms with Gasteiger partial charge in [-0.2, -0.15) is 0 Å². The van der Waals surface area contributed by atoms with E-state index < -0.39 is 40.9 Å². The van der Waals surface area contributed by atoms with Gasteiger partial charge in [-0.25, -0.2) is 14.0 Å². The van der Waals surface area contributed by atoms with Crippen molar-refractivity contribution in [1.29, 1.82) is 0 Å². The second kappa shape index (κ2) is 8.52. The van der Waals surface area contributed by atoms with Gasteiger partial charge >= 0.3 is 11.9 Å². The first-order valence-corrected chi connectivity index (χ1v) is 7.41. The molecule has 0 aliphatic rings. The number of hydrogen-bond acceptors (Lipinski definition) is 7. The molecule has 0 saturated heterocycles. The van der Waals surface area contributed by atoms with Crippen molar-refractivity contribution in [3.63, 3.8) is 0 Å². The number of carbonyl (C=O) groups excluding carboxylic acids is 3. The van der Waals surface area contributed by atoms with Crippen LogP contribution in [0.3, 0.4) is 0 Å². The van der Waals surface area contributed by atoms with Crippen LogP contribution in [0.15, 0.2) is 42.5 Å². The highest BCUT2D eigenvalue weighted by Crippen LogP contribution is 2.19. The first kappa shape index (κ1) is 19.5. The lowest BCUT2D eigenvalue weighted by molar-refractivity contribution is -0.384. The minimum Gasteiger partial charge on any atom is -0.465 e. The summed E-state index contributed by atoms with van der Waals surface area (Å²) in [6, 6.07) is 8.26. The number of hydrogen-bond donors (Lipinski definition) is 1. The maximum Gasteiger partial charge on any atom is 0.338 e. The first-order valence-electron chi connectivity index (χ1n) is 7.41. The molecule has 27 heavy (non-hydrogen) atoms. The summed E-state index contributed by atoms with van der Waals surface area (Å²) in [6.45, 7) is -0.760. The van der Waals surface area contributed by atoms with Crippen molar-refractivity contribution in [2.24, 2.45) is 0 Å². The molecule has 10 heteroatoms. The average molecular weight is 376 g/mol. The Kier molecular flexibility index (Phi) is 6.15. The Balaban J connectivity index is 2.10. The third kappa shape index (κ3) is 5.08. The van der Waals surface area contributed by atoms with Crippen molar-refractivity contribution in [2.75, 3.05) is 19.0 Å². The summed E-state index contributed by atoms with van der Waals surface area (Å²) in [5.41, 5.74) is -1.17. The summed E-state index contributed by atoms with van der Waals surface area (Å²) >= 11 is 0. The van der Waals surface area contributed by atoms with Gasteiger partial charge in [-0.15, -0.1) is 0 Å². The highest BCUT2D eigenvalue weighted by Gasteiger charge is 2.20. The van der Waals surface area contributed by atoms with E-state index in [1.807, 2.05) is 0 Å². The molecule has 0 atom stereocenters. The van der Waals surface area contributed by atoms with Crippen LogP contribution in [0.1, 0.15) is 20.7 Å². The number of ether oxygens (including phenoxy) is 2. The largest absolute Gasteiger partial charge is 0.465 e. The molecule has 1 N–H and O–H groups in total. The summed E-state index contributed by atoms with van der Waals surface area (Å²) in [6.07, 6.45) is 0. The second-order valence-corrected chi connectivity index (χ2v) is 5.12. The van der Waals surface area contributed by atoms with Gasteiger partial charge in [0.25, 0.3) is 11.6 Å². The average Bonchev–Trinajstić information content (AvgIpc) is 2.66. The number of nitro benzene ring substituents is 1. The number of para-hydroxylation sites is 1. The number of esters is 2. The standard InChI is InChI=1S/C17H13FN2O7/c1-26-16(22)10-6-11(8-12(7-10)20(24)25)17(23)27-9-15(21)19-14-5-3-2-4-13(14)18/h2-8H,9H2,1H3,(H,19,21). The minimum absolute atomic E-state index is 0.0955. The van der Waals surface area contributed by atoms with Gasteiger partial charge in [-0.1, -0.05) is 12.1 Å². The molecule has 0 fully saturated rings. The van der Waals surface area contributed by atoms with Crippen LogP contribution in [-0.2, 0) is 14.3 Å². The van der Waals surface area contributed by atoms with Crippen LogP contribution in [0.2, 0.25) is 0 Å². The minimum atomic E-state index is -1.08. The molecule has 0 aromatic heterocycles. The third-order valence-electron chi connectivity index (χ3n) is 3.27. The van der Waals surface area contributed by atoms with Crippen LogP contribution in [0.25, 0.3) is 0 Å². The molecule has 0 saturated carbocycles. The summed E-state index contributed by atoms with van der Waals surface area (Å²) in [4.78, 5) is 45.5. The van der Waals surface area contributed by atoms with Crippen molar-refractivity contribution < 1.29 is 33.2 Å². The van der Waals surface area contributed by atoms with Gasteiger partial charge in [0.1, 0.15) is 5.82 Å². The molecule has 2 aromatic carbocycles. The zero-order valence-corrected chi connectivity index (χ0v) is 13.9. The lowest BCUT2D eigenvalue weighted by Crippen LogP contribution is -2.21. The number of carbonyl (C=O) groups is 3. The number of amides is 1. The third-order valence-corrected chi connectivity index (χ3v) is 3.27. The molecule has 140 valence electrons. The fourth-order valence-electron chi connectivity index (χ4n) is 2.03. The lowest BCUT2D eigenvalue weighted by atomic mass is 10.1. The molecule has 0 heterocycles. The van der Waals surface area contributed by atoms with Crippen molar-refractivity contribution in [1.82, 2.24) is 0 Å².